The van der Waals surface area contributed by atoms with Crippen LogP contribution in [0.25, 0.3) is 0 Å². The van der Waals surface area contributed by atoms with E-state index in [1.54, 1.807) is 6.26 Å². The van der Waals surface area contributed by atoms with E-state index in [2.05, 4.69) is 40.2 Å². The van der Waals surface area contributed by atoms with Crippen molar-refractivity contribution < 1.29 is 4.42 Å². The van der Waals surface area contributed by atoms with Crippen LogP contribution in [0.2, 0.25) is 0 Å². The van der Waals surface area contributed by atoms with Crippen LogP contribution in [0.3, 0.4) is 0 Å². The van der Waals surface area contributed by atoms with Gasteiger partial charge in [-0.2, -0.15) is 0 Å². The van der Waals surface area contributed by atoms with Gasteiger partial charge in [-0.25, -0.2) is 0 Å². The summed E-state index contributed by atoms with van der Waals surface area (Å²) in [6.07, 6.45) is 8.69. The Labute approximate surface area is 137 Å². The van der Waals surface area contributed by atoms with Crippen molar-refractivity contribution in [1.29, 1.82) is 0 Å². The van der Waals surface area contributed by atoms with E-state index in [1.165, 1.54) is 25.0 Å². The molecule has 0 aromatic carbocycles. The lowest BCUT2D eigenvalue weighted by atomic mass is 10.1. The summed E-state index contributed by atoms with van der Waals surface area (Å²) >= 11 is 5.67. The lowest BCUT2D eigenvalue weighted by Gasteiger charge is -2.33. The molecule has 2 aromatic heterocycles. The Kier molecular flexibility index (Phi) is 4.83. The molecule has 5 heteroatoms. The summed E-state index contributed by atoms with van der Waals surface area (Å²) in [5, 5.41) is 4.17. The second-order valence-corrected chi connectivity index (χ2v) is 6.23. The summed E-state index contributed by atoms with van der Waals surface area (Å²) in [5.74, 6) is 0.910. The third kappa shape index (κ3) is 3.35. The monoisotopic (exact) mass is 317 g/mol. The molecule has 1 aliphatic heterocycles. The van der Waals surface area contributed by atoms with Crippen molar-refractivity contribution in [2.45, 2.75) is 38.3 Å². The SMILES string of the molecule is Cn1cccc1[C@@H]1CCCCCN1C(=S)NCc1ccco1. The van der Waals surface area contributed by atoms with Crippen LogP contribution in [0.15, 0.2) is 41.1 Å². The smallest absolute Gasteiger partial charge is 0.169 e. The molecule has 1 aliphatic rings. The third-order valence-electron chi connectivity index (χ3n) is 4.33. The predicted octanol–water partition coefficient (Wildman–Crippen LogP) is 3.61. The van der Waals surface area contributed by atoms with Gasteiger partial charge in [0.15, 0.2) is 5.11 Å². The molecule has 4 nitrogen and oxygen atoms in total. The largest absolute Gasteiger partial charge is 0.467 e. The van der Waals surface area contributed by atoms with Crippen LogP contribution >= 0.6 is 12.2 Å². The number of aryl methyl sites for hydroxylation is 1. The number of likely N-dealkylation sites (tertiary alicyclic amines) is 1. The second kappa shape index (κ2) is 7.01. The van der Waals surface area contributed by atoms with Gasteiger partial charge < -0.3 is 19.2 Å². The lowest BCUT2D eigenvalue weighted by molar-refractivity contribution is 0.305. The molecule has 0 spiro atoms. The highest BCUT2D eigenvalue weighted by atomic mass is 32.1. The van der Waals surface area contributed by atoms with Crippen LogP contribution in [-0.4, -0.2) is 21.1 Å². The van der Waals surface area contributed by atoms with Gasteiger partial charge >= 0.3 is 0 Å². The molecule has 0 bridgehead atoms. The number of nitrogens with one attached hydrogen (secondary N) is 1. The summed E-state index contributed by atoms with van der Waals surface area (Å²) in [5.41, 5.74) is 1.34. The molecule has 22 heavy (non-hydrogen) atoms. The average Bonchev–Trinajstić information content (AvgIpc) is 3.12. The summed E-state index contributed by atoms with van der Waals surface area (Å²) in [7, 11) is 2.11. The summed E-state index contributed by atoms with van der Waals surface area (Å²) in [4.78, 5) is 2.35. The molecule has 1 N–H and O–H groups in total. The fraction of sp³-hybridized carbons (Fsp3) is 0.471. The minimum Gasteiger partial charge on any atom is -0.467 e. The Morgan fingerprint density at radius 1 is 1.32 bits per heavy atom. The van der Waals surface area contributed by atoms with Gasteiger partial charge in [-0.3, -0.25) is 0 Å². The van der Waals surface area contributed by atoms with Gasteiger partial charge in [0, 0.05) is 25.5 Å². The van der Waals surface area contributed by atoms with Crippen molar-refractivity contribution in [2.24, 2.45) is 7.05 Å². The van der Waals surface area contributed by atoms with Gasteiger partial charge in [-0.15, -0.1) is 0 Å². The molecule has 0 amide bonds. The third-order valence-corrected chi connectivity index (χ3v) is 4.71. The number of nitrogens with zero attached hydrogens (tertiary/aromatic N) is 2. The molecule has 0 saturated carbocycles. The molecule has 1 atom stereocenters. The molecule has 1 fully saturated rings. The minimum absolute atomic E-state index is 0.360. The Morgan fingerprint density at radius 3 is 2.95 bits per heavy atom. The first-order chi connectivity index (χ1) is 10.8. The van der Waals surface area contributed by atoms with Crippen molar-refractivity contribution in [3.05, 3.63) is 48.2 Å². The van der Waals surface area contributed by atoms with Crippen LogP contribution in [0.5, 0.6) is 0 Å². The molecule has 2 aromatic rings. The maximum atomic E-state index is 5.67. The zero-order valence-corrected chi connectivity index (χ0v) is 13.8. The molecule has 0 aliphatic carbocycles. The van der Waals surface area contributed by atoms with Gasteiger partial charge in [0.2, 0.25) is 0 Å². The van der Waals surface area contributed by atoms with Crippen LogP contribution < -0.4 is 5.32 Å². The van der Waals surface area contributed by atoms with E-state index < -0.39 is 0 Å². The Bertz CT molecular complexity index is 605. The van der Waals surface area contributed by atoms with Gasteiger partial charge in [-0.05, 0) is 49.3 Å². The second-order valence-electron chi connectivity index (χ2n) is 5.84. The maximum absolute atomic E-state index is 5.67. The first-order valence-corrected chi connectivity index (χ1v) is 8.34. The van der Waals surface area contributed by atoms with Gasteiger partial charge in [-0.1, -0.05) is 12.8 Å². The van der Waals surface area contributed by atoms with E-state index in [-0.39, 0.29) is 0 Å². The topological polar surface area (TPSA) is 33.3 Å². The average molecular weight is 317 g/mol. The summed E-state index contributed by atoms with van der Waals surface area (Å²) in [6, 6.07) is 8.54. The zero-order chi connectivity index (χ0) is 15.4. The van der Waals surface area contributed by atoms with Crippen LogP contribution in [0.4, 0.5) is 0 Å². The fourth-order valence-electron chi connectivity index (χ4n) is 3.16. The Balaban J connectivity index is 1.72. The van der Waals surface area contributed by atoms with Crippen molar-refractivity contribution >= 4 is 17.3 Å². The van der Waals surface area contributed by atoms with Crippen molar-refractivity contribution in [2.75, 3.05) is 6.54 Å². The molecular formula is C17H23N3OS. The number of aromatic nitrogens is 1. The number of hydrogen-bond donors (Lipinski definition) is 1. The van der Waals surface area contributed by atoms with Crippen LogP contribution in [-0.2, 0) is 13.6 Å². The van der Waals surface area contributed by atoms with Gasteiger partial charge in [0.1, 0.15) is 5.76 Å². The van der Waals surface area contributed by atoms with Crippen LogP contribution in [0.1, 0.15) is 43.2 Å². The van der Waals surface area contributed by atoms with E-state index in [1.807, 2.05) is 12.1 Å². The molecular weight excluding hydrogens is 294 g/mol. The van der Waals surface area contributed by atoms with Crippen molar-refractivity contribution in [1.82, 2.24) is 14.8 Å². The molecule has 118 valence electrons. The molecule has 0 radical (unpaired) electrons. The van der Waals surface area contributed by atoms with E-state index in [0.717, 1.165) is 23.8 Å². The maximum Gasteiger partial charge on any atom is 0.169 e. The Hall–Kier alpha value is -1.75. The predicted molar refractivity (Wildman–Crippen MR) is 91.5 cm³/mol. The quantitative estimate of drug-likeness (QED) is 0.877. The van der Waals surface area contributed by atoms with E-state index in [0.29, 0.717) is 12.6 Å². The van der Waals surface area contributed by atoms with Gasteiger partial charge in [0.05, 0.1) is 18.8 Å². The molecule has 1 saturated heterocycles. The number of furan rings is 1. The highest BCUT2D eigenvalue weighted by molar-refractivity contribution is 7.80. The first-order valence-electron chi connectivity index (χ1n) is 7.94. The van der Waals surface area contributed by atoms with E-state index >= 15 is 0 Å². The minimum atomic E-state index is 0.360. The molecule has 0 unspecified atom stereocenters. The summed E-state index contributed by atoms with van der Waals surface area (Å²) in [6.45, 7) is 1.65. The lowest BCUT2D eigenvalue weighted by Crippen LogP contribution is -2.42. The summed E-state index contributed by atoms with van der Waals surface area (Å²) < 4.78 is 7.58. The highest BCUT2D eigenvalue weighted by Gasteiger charge is 2.26. The number of hydrogen-bond acceptors (Lipinski definition) is 2. The Morgan fingerprint density at radius 2 is 2.23 bits per heavy atom. The zero-order valence-electron chi connectivity index (χ0n) is 13.0. The van der Waals surface area contributed by atoms with Crippen molar-refractivity contribution in [3.63, 3.8) is 0 Å². The fourth-order valence-corrected chi connectivity index (χ4v) is 3.45. The number of thiocarbonyl (C=S) groups is 1. The van der Waals surface area contributed by atoms with Gasteiger partial charge in [0.25, 0.3) is 0 Å². The van der Waals surface area contributed by atoms with E-state index in [4.69, 9.17) is 16.6 Å². The first kappa shape index (κ1) is 15.2. The van der Waals surface area contributed by atoms with Crippen molar-refractivity contribution in [3.8, 4) is 0 Å². The molecule has 3 rings (SSSR count). The van der Waals surface area contributed by atoms with Crippen LogP contribution in [0, 0.1) is 0 Å². The van der Waals surface area contributed by atoms with E-state index in [9.17, 15) is 0 Å². The molecule has 3 heterocycles. The standard InChI is InChI=1S/C17H23N3OS/c1-19-10-5-9-15(19)16-8-3-2-4-11-20(16)17(22)18-13-14-7-6-12-21-14/h5-7,9-10,12,16H,2-4,8,11,13H2,1H3,(H,18,22)/t16-/m0/s1. The highest BCUT2D eigenvalue weighted by Crippen LogP contribution is 2.30. The number of rotatable bonds is 3. The normalized spacial score (nSPS) is 19.0.